The van der Waals surface area contributed by atoms with Crippen LogP contribution in [0.4, 0.5) is 0 Å². The summed E-state index contributed by atoms with van der Waals surface area (Å²) in [5, 5.41) is 0. The lowest BCUT2D eigenvalue weighted by Gasteiger charge is -2.44. The predicted octanol–water partition coefficient (Wildman–Crippen LogP) is 1.96. The number of hydrogen-bond acceptors (Lipinski definition) is 2. The summed E-state index contributed by atoms with van der Waals surface area (Å²) in [6, 6.07) is 0.640. The molecule has 0 amide bonds. The van der Waals surface area contributed by atoms with E-state index in [1.807, 2.05) is 0 Å². The van der Waals surface area contributed by atoms with E-state index in [2.05, 4.69) is 13.8 Å². The minimum Gasteiger partial charge on any atom is -0.460 e. The van der Waals surface area contributed by atoms with Crippen LogP contribution in [0.3, 0.4) is 0 Å². The lowest BCUT2D eigenvalue weighted by Crippen LogP contribution is -2.57. The maximum Gasteiger partial charge on any atom is 0.302 e. The highest BCUT2D eigenvalue weighted by Crippen LogP contribution is 2.22. The minimum absolute atomic E-state index is 0.158. The topological polar surface area (TPSA) is 26.3 Å². The number of carbonyl (C=O) groups is 1. The molecule has 0 aromatic carbocycles. The molecule has 0 atom stereocenters. The molecule has 1 fully saturated rings. The van der Waals surface area contributed by atoms with E-state index >= 15 is 0 Å². The zero-order valence-corrected chi connectivity index (χ0v) is 10.3. The second-order valence-corrected chi connectivity index (χ2v) is 4.88. The summed E-state index contributed by atoms with van der Waals surface area (Å²) in [4.78, 5) is 10.7. The van der Waals surface area contributed by atoms with E-state index in [1.54, 1.807) is 0 Å². The number of hydrogen-bond donors (Lipinski definition) is 0. The molecule has 0 bridgehead atoms. The van der Waals surface area contributed by atoms with Crippen LogP contribution in [-0.4, -0.2) is 42.7 Å². The van der Waals surface area contributed by atoms with Crippen molar-refractivity contribution in [2.75, 3.05) is 26.2 Å². The van der Waals surface area contributed by atoms with Gasteiger partial charge in [-0.2, -0.15) is 0 Å². The lowest BCUT2D eigenvalue weighted by molar-refractivity contribution is -0.951. The summed E-state index contributed by atoms with van der Waals surface area (Å²) in [5.74, 6) is -0.158. The van der Waals surface area contributed by atoms with Gasteiger partial charge in [0.2, 0.25) is 0 Å². The second-order valence-electron chi connectivity index (χ2n) is 4.88. The molecule has 1 rings (SSSR count). The van der Waals surface area contributed by atoms with Crippen LogP contribution >= 0.6 is 0 Å². The summed E-state index contributed by atoms with van der Waals surface area (Å²) < 4.78 is 6.20. The van der Waals surface area contributed by atoms with E-state index in [4.69, 9.17) is 4.74 Å². The fraction of sp³-hybridized carbons (Fsp3) is 0.917. The van der Waals surface area contributed by atoms with Gasteiger partial charge in [-0.25, -0.2) is 0 Å². The highest BCUT2D eigenvalue weighted by atomic mass is 16.5. The van der Waals surface area contributed by atoms with Crippen molar-refractivity contribution in [2.24, 2.45) is 0 Å². The first-order chi connectivity index (χ1) is 7.07. The SMILES string of the molecule is CC(=O)OCC[N+]1(C(C)C)CCCCC1. The van der Waals surface area contributed by atoms with Gasteiger partial charge in [-0.05, 0) is 33.1 Å². The molecule has 3 nitrogen and oxygen atoms in total. The molecule has 0 aromatic rings. The Labute approximate surface area is 93.0 Å². The van der Waals surface area contributed by atoms with E-state index in [1.165, 1.54) is 39.3 Å². The van der Waals surface area contributed by atoms with Crippen molar-refractivity contribution in [1.82, 2.24) is 0 Å². The first kappa shape index (κ1) is 12.5. The molecule has 88 valence electrons. The van der Waals surface area contributed by atoms with Crippen LogP contribution in [0.2, 0.25) is 0 Å². The maximum absolute atomic E-state index is 10.7. The third kappa shape index (κ3) is 3.49. The standard InChI is InChI=1S/C12H24NO2/c1-11(2)13(7-5-4-6-8-13)9-10-15-12(3)14/h11H,4-10H2,1-3H3/q+1. The zero-order chi connectivity index (χ0) is 11.3. The van der Waals surface area contributed by atoms with Crippen LogP contribution in [0.15, 0.2) is 0 Å². The highest BCUT2D eigenvalue weighted by Gasteiger charge is 2.32. The van der Waals surface area contributed by atoms with Gasteiger partial charge >= 0.3 is 5.97 Å². The molecule has 1 aliphatic rings. The van der Waals surface area contributed by atoms with E-state index in [-0.39, 0.29) is 5.97 Å². The molecule has 1 aliphatic heterocycles. The summed E-state index contributed by atoms with van der Waals surface area (Å²) in [6.45, 7) is 10.1. The maximum atomic E-state index is 10.7. The summed E-state index contributed by atoms with van der Waals surface area (Å²) in [6.07, 6.45) is 4.00. The first-order valence-corrected chi connectivity index (χ1v) is 6.06. The average molecular weight is 214 g/mol. The Bertz CT molecular complexity index is 208. The Hall–Kier alpha value is -0.570. The van der Waals surface area contributed by atoms with E-state index in [0.717, 1.165) is 11.0 Å². The molecular weight excluding hydrogens is 190 g/mol. The molecule has 0 aromatic heterocycles. The number of quaternary nitrogens is 1. The van der Waals surface area contributed by atoms with Crippen molar-refractivity contribution in [3.05, 3.63) is 0 Å². The molecule has 1 saturated heterocycles. The number of likely N-dealkylation sites (tertiary alicyclic amines) is 1. The van der Waals surface area contributed by atoms with Gasteiger partial charge < -0.3 is 9.22 Å². The molecule has 0 radical (unpaired) electrons. The average Bonchev–Trinajstić information content (AvgIpc) is 2.18. The van der Waals surface area contributed by atoms with Crippen molar-refractivity contribution >= 4 is 5.97 Å². The smallest absolute Gasteiger partial charge is 0.302 e. The third-order valence-electron chi connectivity index (χ3n) is 3.64. The molecule has 1 heterocycles. The van der Waals surface area contributed by atoms with Gasteiger partial charge in [0.1, 0.15) is 13.2 Å². The Morgan fingerprint density at radius 2 is 1.87 bits per heavy atom. The number of esters is 1. The minimum atomic E-state index is -0.158. The van der Waals surface area contributed by atoms with Crippen molar-refractivity contribution < 1.29 is 14.0 Å². The number of nitrogens with zero attached hydrogens (tertiary/aromatic N) is 1. The summed E-state index contributed by atoms with van der Waals surface area (Å²) in [5.41, 5.74) is 0. The zero-order valence-electron chi connectivity index (χ0n) is 10.3. The largest absolute Gasteiger partial charge is 0.460 e. The molecule has 15 heavy (non-hydrogen) atoms. The highest BCUT2D eigenvalue weighted by molar-refractivity contribution is 5.65. The second kappa shape index (κ2) is 5.50. The van der Waals surface area contributed by atoms with Crippen molar-refractivity contribution in [2.45, 2.75) is 46.1 Å². The van der Waals surface area contributed by atoms with Crippen molar-refractivity contribution in [3.8, 4) is 0 Å². The fourth-order valence-corrected chi connectivity index (χ4v) is 2.51. The number of carbonyl (C=O) groups excluding carboxylic acids is 1. The third-order valence-corrected chi connectivity index (χ3v) is 3.64. The molecular formula is C12H24NO2+. The molecule has 3 heteroatoms. The van der Waals surface area contributed by atoms with Crippen molar-refractivity contribution in [1.29, 1.82) is 0 Å². The molecule has 0 N–H and O–H groups in total. The van der Waals surface area contributed by atoms with Gasteiger partial charge in [-0.15, -0.1) is 0 Å². The van der Waals surface area contributed by atoms with Gasteiger partial charge in [-0.1, -0.05) is 0 Å². The van der Waals surface area contributed by atoms with Gasteiger partial charge in [0.15, 0.2) is 0 Å². The van der Waals surface area contributed by atoms with E-state index in [0.29, 0.717) is 12.6 Å². The van der Waals surface area contributed by atoms with Crippen molar-refractivity contribution in [3.63, 3.8) is 0 Å². The molecule has 0 aliphatic carbocycles. The van der Waals surface area contributed by atoms with E-state index in [9.17, 15) is 4.79 Å². The van der Waals surface area contributed by atoms with Crippen LogP contribution in [0.1, 0.15) is 40.0 Å². The van der Waals surface area contributed by atoms with E-state index < -0.39 is 0 Å². The van der Waals surface area contributed by atoms with Gasteiger partial charge in [0.05, 0.1) is 19.1 Å². The Morgan fingerprint density at radius 3 is 2.33 bits per heavy atom. The lowest BCUT2D eigenvalue weighted by atomic mass is 10.0. The van der Waals surface area contributed by atoms with Crippen LogP contribution in [-0.2, 0) is 9.53 Å². The Balaban J connectivity index is 2.45. The molecule has 0 unspecified atom stereocenters. The number of rotatable bonds is 4. The predicted molar refractivity (Wildman–Crippen MR) is 60.5 cm³/mol. The van der Waals surface area contributed by atoms with Crippen LogP contribution in [0.25, 0.3) is 0 Å². The number of piperidine rings is 1. The van der Waals surface area contributed by atoms with Gasteiger partial charge in [0.25, 0.3) is 0 Å². The fourth-order valence-electron chi connectivity index (χ4n) is 2.51. The van der Waals surface area contributed by atoms with Crippen LogP contribution in [0, 0.1) is 0 Å². The van der Waals surface area contributed by atoms with Crippen LogP contribution < -0.4 is 0 Å². The Morgan fingerprint density at radius 1 is 1.27 bits per heavy atom. The quantitative estimate of drug-likeness (QED) is 0.528. The van der Waals surface area contributed by atoms with Gasteiger partial charge in [-0.3, -0.25) is 4.79 Å². The summed E-state index contributed by atoms with van der Waals surface area (Å²) >= 11 is 0. The summed E-state index contributed by atoms with van der Waals surface area (Å²) in [7, 11) is 0. The Kier molecular flexibility index (Phi) is 4.58. The van der Waals surface area contributed by atoms with Crippen LogP contribution in [0.5, 0.6) is 0 Å². The first-order valence-electron chi connectivity index (χ1n) is 6.06. The molecule has 0 saturated carbocycles. The van der Waals surface area contributed by atoms with Gasteiger partial charge in [0, 0.05) is 6.92 Å². The number of ether oxygens (including phenoxy) is 1. The monoisotopic (exact) mass is 214 g/mol. The normalized spacial score (nSPS) is 20.3. The molecule has 0 spiro atoms.